The lowest BCUT2D eigenvalue weighted by molar-refractivity contribution is -0.145. The second kappa shape index (κ2) is 5.13. The number of carbonyl (C=O) groups excluding carboxylic acids is 1. The third-order valence-electron chi connectivity index (χ3n) is 2.93. The van der Waals surface area contributed by atoms with Crippen molar-refractivity contribution < 1.29 is 23.8 Å². The summed E-state index contributed by atoms with van der Waals surface area (Å²) < 4.78 is 18.4. The van der Waals surface area contributed by atoms with Crippen LogP contribution in [0.15, 0.2) is 18.2 Å². The Bertz CT molecular complexity index is 514. The van der Waals surface area contributed by atoms with E-state index >= 15 is 0 Å². The van der Waals surface area contributed by atoms with Crippen LogP contribution in [0.2, 0.25) is 0 Å². The minimum absolute atomic E-state index is 0.00289. The maximum Gasteiger partial charge on any atom is 0.321 e. The van der Waals surface area contributed by atoms with Gasteiger partial charge in [-0.2, -0.15) is 0 Å². The molecule has 0 bridgehead atoms. The van der Waals surface area contributed by atoms with E-state index in [4.69, 9.17) is 9.84 Å². The second-order valence-electron chi connectivity index (χ2n) is 4.22. The Balaban J connectivity index is 1.98. The summed E-state index contributed by atoms with van der Waals surface area (Å²) in [5.74, 6) is -1.63. The SMILES string of the molecule is COc1ccc(F)c(NC(=O)N2CC(C(=O)O)C2)c1. The Labute approximate surface area is 108 Å². The summed E-state index contributed by atoms with van der Waals surface area (Å²) >= 11 is 0. The molecule has 2 N–H and O–H groups in total. The molecular weight excluding hydrogens is 255 g/mol. The van der Waals surface area contributed by atoms with Gasteiger partial charge in [-0.1, -0.05) is 0 Å². The first-order chi connectivity index (χ1) is 9.01. The molecule has 1 aromatic carbocycles. The average molecular weight is 268 g/mol. The van der Waals surface area contributed by atoms with Gasteiger partial charge in [-0.25, -0.2) is 9.18 Å². The molecule has 1 saturated heterocycles. The number of aliphatic carboxylic acids is 1. The Morgan fingerprint density at radius 1 is 1.47 bits per heavy atom. The van der Waals surface area contributed by atoms with E-state index in [2.05, 4.69) is 5.32 Å². The van der Waals surface area contributed by atoms with Crippen molar-refractivity contribution >= 4 is 17.7 Å². The molecule has 0 unspecified atom stereocenters. The number of amides is 2. The largest absolute Gasteiger partial charge is 0.497 e. The van der Waals surface area contributed by atoms with Crippen molar-refractivity contribution in [2.75, 3.05) is 25.5 Å². The minimum Gasteiger partial charge on any atom is -0.497 e. The molecule has 1 heterocycles. The standard InChI is InChI=1S/C12H13FN2O4/c1-19-8-2-3-9(13)10(4-8)14-12(18)15-5-7(6-15)11(16)17/h2-4,7H,5-6H2,1H3,(H,14,18)(H,16,17). The van der Waals surface area contributed by atoms with Crippen LogP contribution in [0.3, 0.4) is 0 Å². The third kappa shape index (κ3) is 2.75. The minimum atomic E-state index is -0.934. The summed E-state index contributed by atoms with van der Waals surface area (Å²) in [6, 6.07) is 3.46. The molecule has 0 aromatic heterocycles. The molecule has 0 radical (unpaired) electrons. The number of rotatable bonds is 3. The van der Waals surface area contributed by atoms with E-state index < -0.39 is 23.7 Å². The van der Waals surface area contributed by atoms with Gasteiger partial charge in [0.1, 0.15) is 11.6 Å². The molecular formula is C12H13FN2O4. The molecule has 1 aliphatic heterocycles. The zero-order chi connectivity index (χ0) is 14.0. The number of hydrogen-bond donors (Lipinski definition) is 2. The fourth-order valence-electron chi connectivity index (χ4n) is 1.72. The lowest BCUT2D eigenvalue weighted by Gasteiger charge is -2.36. The quantitative estimate of drug-likeness (QED) is 0.868. The number of halogens is 1. The van der Waals surface area contributed by atoms with Crippen LogP contribution in [0.4, 0.5) is 14.9 Å². The van der Waals surface area contributed by atoms with Gasteiger partial charge in [0.25, 0.3) is 0 Å². The number of urea groups is 1. The summed E-state index contributed by atoms with van der Waals surface area (Å²) in [5, 5.41) is 11.1. The Morgan fingerprint density at radius 3 is 2.74 bits per heavy atom. The van der Waals surface area contributed by atoms with Crippen LogP contribution in [0.1, 0.15) is 0 Å². The number of carbonyl (C=O) groups is 2. The normalized spacial score (nSPS) is 14.7. The molecule has 1 aliphatic rings. The van der Waals surface area contributed by atoms with Crippen molar-refractivity contribution in [1.82, 2.24) is 4.90 Å². The van der Waals surface area contributed by atoms with Crippen molar-refractivity contribution in [3.63, 3.8) is 0 Å². The summed E-state index contributed by atoms with van der Waals surface area (Å²) in [5.41, 5.74) is 0.00289. The van der Waals surface area contributed by atoms with Crippen LogP contribution in [0, 0.1) is 11.7 Å². The number of benzene rings is 1. The number of likely N-dealkylation sites (tertiary alicyclic amines) is 1. The highest BCUT2D eigenvalue weighted by Gasteiger charge is 2.35. The van der Waals surface area contributed by atoms with Gasteiger partial charge in [0.05, 0.1) is 18.7 Å². The molecule has 0 saturated carbocycles. The Hall–Kier alpha value is -2.31. The molecule has 19 heavy (non-hydrogen) atoms. The highest BCUT2D eigenvalue weighted by Crippen LogP contribution is 2.23. The number of anilines is 1. The van der Waals surface area contributed by atoms with Gasteiger partial charge in [0, 0.05) is 19.2 Å². The first-order valence-corrected chi connectivity index (χ1v) is 5.63. The average Bonchev–Trinajstić information content (AvgIpc) is 2.29. The summed E-state index contributed by atoms with van der Waals surface area (Å²) in [4.78, 5) is 23.6. The maximum absolute atomic E-state index is 13.5. The molecule has 7 heteroatoms. The number of hydrogen-bond acceptors (Lipinski definition) is 3. The molecule has 6 nitrogen and oxygen atoms in total. The molecule has 0 atom stereocenters. The van der Waals surface area contributed by atoms with Crippen LogP contribution >= 0.6 is 0 Å². The summed E-state index contributed by atoms with van der Waals surface area (Å²) in [6.07, 6.45) is 0. The number of carboxylic acids is 1. The Morgan fingerprint density at radius 2 is 2.16 bits per heavy atom. The van der Waals surface area contributed by atoms with Crippen molar-refractivity contribution in [2.24, 2.45) is 5.92 Å². The van der Waals surface area contributed by atoms with E-state index in [1.807, 2.05) is 0 Å². The van der Waals surface area contributed by atoms with E-state index in [0.29, 0.717) is 5.75 Å². The number of nitrogens with zero attached hydrogens (tertiary/aromatic N) is 1. The molecule has 0 aliphatic carbocycles. The van der Waals surface area contributed by atoms with Gasteiger partial charge in [-0.3, -0.25) is 4.79 Å². The number of carboxylic acid groups (broad SMARTS) is 1. The Kier molecular flexibility index (Phi) is 3.55. The molecule has 1 fully saturated rings. The van der Waals surface area contributed by atoms with Crippen molar-refractivity contribution in [3.8, 4) is 5.75 Å². The van der Waals surface area contributed by atoms with Gasteiger partial charge in [0.2, 0.25) is 0 Å². The first-order valence-electron chi connectivity index (χ1n) is 5.63. The highest BCUT2D eigenvalue weighted by atomic mass is 19.1. The van der Waals surface area contributed by atoms with E-state index in [9.17, 15) is 14.0 Å². The molecule has 2 rings (SSSR count). The first kappa shape index (κ1) is 13.1. The van der Waals surface area contributed by atoms with Crippen molar-refractivity contribution in [3.05, 3.63) is 24.0 Å². The molecule has 1 aromatic rings. The van der Waals surface area contributed by atoms with E-state index in [1.165, 1.54) is 30.2 Å². The van der Waals surface area contributed by atoms with Gasteiger partial charge >= 0.3 is 12.0 Å². The fraction of sp³-hybridized carbons (Fsp3) is 0.333. The van der Waals surface area contributed by atoms with Crippen LogP contribution in [0.25, 0.3) is 0 Å². The van der Waals surface area contributed by atoms with Gasteiger partial charge in [0.15, 0.2) is 0 Å². The molecule has 102 valence electrons. The third-order valence-corrected chi connectivity index (χ3v) is 2.93. The van der Waals surface area contributed by atoms with Crippen LogP contribution in [-0.2, 0) is 4.79 Å². The van der Waals surface area contributed by atoms with Crippen molar-refractivity contribution in [1.29, 1.82) is 0 Å². The summed E-state index contributed by atoms with van der Waals surface area (Å²) in [7, 11) is 1.44. The highest BCUT2D eigenvalue weighted by molar-refractivity contribution is 5.91. The molecule has 0 spiro atoms. The lowest BCUT2D eigenvalue weighted by atomic mass is 10.0. The number of ether oxygens (including phenoxy) is 1. The van der Waals surface area contributed by atoms with E-state index in [0.717, 1.165) is 0 Å². The van der Waals surface area contributed by atoms with Gasteiger partial charge in [-0.05, 0) is 12.1 Å². The summed E-state index contributed by atoms with van der Waals surface area (Å²) in [6.45, 7) is 0.263. The zero-order valence-electron chi connectivity index (χ0n) is 10.2. The zero-order valence-corrected chi connectivity index (χ0v) is 10.2. The van der Waals surface area contributed by atoms with Crippen LogP contribution < -0.4 is 10.1 Å². The lowest BCUT2D eigenvalue weighted by Crippen LogP contribution is -2.54. The van der Waals surface area contributed by atoms with Gasteiger partial charge in [-0.15, -0.1) is 0 Å². The second-order valence-corrected chi connectivity index (χ2v) is 4.22. The van der Waals surface area contributed by atoms with Gasteiger partial charge < -0.3 is 20.1 Å². The number of nitrogens with one attached hydrogen (secondary N) is 1. The van der Waals surface area contributed by atoms with E-state index in [-0.39, 0.29) is 18.8 Å². The maximum atomic E-state index is 13.5. The van der Waals surface area contributed by atoms with E-state index in [1.54, 1.807) is 0 Å². The smallest absolute Gasteiger partial charge is 0.321 e. The topological polar surface area (TPSA) is 78.9 Å². The fourth-order valence-corrected chi connectivity index (χ4v) is 1.72. The molecule has 2 amide bonds. The predicted octanol–water partition coefficient (Wildman–Crippen LogP) is 1.38. The number of methoxy groups -OCH3 is 1. The van der Waals surface area contributed by atoms with Crippen molar-refractivity contribution in [2.45, 2.75) is 0 Å². The monoisotopic (exact) mass is 268 g/mol. The predicted molar refractivity (Wildman–Crippen MR) is 64.7 cm³/mol. The van der Waals surface area contributed by atoms with Crippen LogP contribution in [-0.4, -0.2) is 42.2 Å². The van der Waals surface area contributed by atoms with Crippen LogP contribution in [0.5, 0.6) is 5.75 Å².